The van der Waals surface area contributed by atoms with Gasteiger partial charge in [-0.05, 0) is 25.9 Å². The third-order valence-electron chi connectivity index (χ3n) is 2.95. The first-order valence-electron chi connectivity index (χ1n) is 5.89. The number of hydrogen-bond acceptors (Lipinski definition) is 4. The molecule has 96 valence electrons. The molecule has 2 rings (SSSR count). The summed E-state index contributed by atoms with van der Waals surface area (Å²) in [5.74, 6) is 0. The summed E-state index contributed by atoms with van der Waals surface area (Å²) in [4.78, 5) is 2.48. The van der Waals surface area contributed by atoms with Crippen molar-refractivity contribution in [3.05, 3.63) is 12.4 Å². The van der Waals surface area contributed by atoms with Gasteiger partial charge in [0, 0.05) is 19.3 Å². The Labute approximate surface area is 101 Å². The van der Waals surface area contributed by atoms with Crippen LogP contribution < -0.4 is 4.72 Å². The van der Waals surface area contributed by atoms with E-state index >= 15 is 0 Å². The molecule has 1 aromatic heterocycles. The fraction of sp³-hybridized carbons (Fsp3) is 0.700. The van der Waals surface area contributed by atoms with Crippen molar-refractivity contribution in [2.45, 2.75) is 24.2 Å². The van der Waals surface area contributed by atoms with Gasteiger partial charge in [0.05, 0.1) is 6.20 Å². The zero-order valence-corrected chi connectivity index (χ0v) is 10.5. The Bertz CT molecular complexity index is 423. The van der Waals surface area contributed by atoms with E-state index in [1.54, 1.807) is 0 Å². The van der Waals surface area contributed by atoms with E-state index in [-0.39, 0.29) is 4.90 Å². The summed E-state index contributed by atoms with van der Waals surface area (Å²) in [6, 6.07) is 0. The van der Waals surface area contributed by atoms with E-state index in [0.717, 1.165) is 19.6 Å². The fourth-order valence-electron chi connectivity index (χ4n) is 1.99. The largest absolute Gasteiger partial charge is 0.302 e. The molecule has 0 aliphatic carbocycles. The van der Waals surface area contributed by atoms with Crippen molar-refractivity contribution in [3.8, 4) is 0 Å². The number of sulfonamides is 1. The van der Waals surface area contributed by atoms with E-state index in [9.17, 15) is 8.42 Å². The van der Waals surface area contributed by atoms with Crippen LogP contribution in [-0.4, -0.2) is 49.7 Å². The van der Waals surface area contributed by atoms with Crippen LogP contribution in [0.3, 0.4) is 0 Å². The molecule has 0 aromatic carbocycles. The van der Waals surface area contributed by atoms with Crippen molar-refractivity contribution < 1.29 is 8.42 Å². The van der Waals surface area contributed by atoms with Crippen LogP contribution in [0.25, 0.3) is 0 Å². The average Bonchev–Trinajstić information content (AvgIpc) is 2.84. The van der Waals surface area contributed by atoms with Gasteiger partial charge < -0.3 is 4.90 Å². The van der Waals surface area contributed by atoms with Crippen molar-refractivity contribution in [2.24, 2.45) is 0 Å². The summed E-state index contributed by atoms with van der Waals surface area (Å²) < 4.78 is 26.1. The van der Waals surface area contributed by atoms with Crippen molar-refractivity contribution >= 4 is 10.0 Å². The van der Waals surface area contributed by atoms with Gasteiger partial charge in [-0.1, -0.05) is 6.42 Å². The lowest BCUT2D eigenvalue weighted by atomic mass is 10.1. The van der Waals surface area contributed by atoms with Gasteiger partial charge in [-0.15, -0.1) is 0 Å². The first-order valence-corrected chi connectivity index (χ1v) is 7.37. The number of nitrogens with one attached hydrogen (secondary N) is 2. The highest BCUT2D eigenvalue weighted by atomic mass is 32.2. The van der Waals surface area contributed by atoms with Crippen LogP contribution in [0.5, 0.6) is 0 Å². The molecule has 0 saturated carbocycles. The number of aromatic amines is 1. The first-order chi connectivity index (χ1) is 8.18. The molecular formula is C10H18N4O2S. The molecule has 1 saturated heterocycles. The molecule has 0 bridgehead atoms. The highest BCUT2D eigenvalue weighted by molar-refractivity contribution is 7.89. The standard InChI is InChI=1S/C10H18N4O2S/c15-17(16,10-8-11-12-9-10)13-4-7-14-5-2-1-3-6-14/h8-9,13H,1-7H2,(H,11,12). The first kappa shape index (κ1) is 12.5. The van der Waals surface area contributed by atoms with Crippen LogP contribution >= 0.6 is 0 Å². The molecule has 2 N–H and O–H groups in total. The Morgan fingerprint density at radius 1 is 1.35 bits per heavy atom. The van der Waals surface area contributed by atoms with Crippen LogP contribution in [0.2, 0.25) is 0 Å². The lowest BCUT2D eigenvalue weighted by Gasteiger charge is -2.26. The van der Waals surface area contributed by atoms with Crippen LogP contribution in [-0.2, 0) is 10.0 Å². The fourth-order valence-corrected chi connectivity index (χ4v) is 2.92. The minimum atomic E-state index is -3.39. The monoisotopic (exact) mass is 258 g/mol. The maximum absolute atomic E-state index is 11.7. The third kappa shape index (κ3) is 3.52. The Balaban J connectivity index is 1.78. The van der Waals surface area contributed by atoms with Crippen molar-refractivity contribution in [1.29, 1.82) is 0 Å². The Morgan fingerprint density at radius 2 is 2.12 bits per heavy atom. The zero-order chi connectivity index (χ0) is 12.1. The highest BCUT2D eigenvalue weighted by Gasteiger charge is 2.15. The van der Waals surface area contributed by atoms with Crippen molar-refractivity contribution in [1.82, 2.24) is 19.8 Å². The molecule has 1 aromatic rings. The van der Waals surface area contributed by atoms with Gasteiger partial charge in [0.25, 0.3) is 0 Å². The quantitative estimate of drug-likeness (QED) is 0.789. The van der Waals surface area contributed by atoms with Gasteiger partial charge in [-0.3, -0.25) is 5.10 Å². The molecule has 2 heterocycles. The van der Waals surface area contributed by atoms with E-state index in [4.69, 9.17) is 0 Å². The molecule has 0 amide bonds. The summed E-state index contributed by atoms with van der Waals surface area (Å²) in [7, 11) is -3.39. The average molecular weight is 258 g/mol. The second-order valence-electron chi connectivity index (χ2n) is 4.23. The van der Waals surface area contributed by atoms with Gasteiger partial charge in [0.1, 0.15) is 4.90 Å². The zero-order valence-electron chi connectivity index (χ0n) is 9.72. The summed E-state index contributed by atoms with van der Waals surface area (Å²) in [6.07, 6.45) is 6.41. The van der Waals surface area contributed by atoms with Crippen LogP contribution in [0, 0.1) is 0 Å². The molecule has 17 heavy (non-hydrogen) atoms. The van der Waals surface area contributed by atoms with E-state index in [2.05, 4.69) is 19.8 Å². The number of piperidine rings is 1. The molecule has 6 nitrogen and oxygen atoms in total. The molecule has 0 unspecified atom stereocenters. The molecule has 1 aliphatic heterocycles. The summed E-state index contributed by atoms with van der Waals surface area (Å²) in [5, 5.41) is 6.13. The van der Waals surface area contributed by atoms with E-state index in [0.29, 0.717) is 6.54 Å². The number of likely N-dealkylation sites (tertiary alicyclic amines) is 1. The Morgan fingerprint density at radius 3 is 2.76 bits per heavy atom. The lowest BCUT2D eigenvalue weighted by molar-refractivity contribution is 0.233. The molecule has 0 spiro atoms. The van der Waals surface area contributed by atoms with Crippen molar-refractivity contribution in [2.75, 3.05) is 26.2 Å². The van der Waals surface area contributed by atoms with E-state index in [1.807, 2.05) is 0 Å². The second kappa shape index (κ2) is 5.61. The lowest BCUT2D eigenvalue weighted by Crippen LogP contribution is -2.37. The summed E-state index contributed by atoms with van der Waals surface area (Å²) in [6.45, 7) is 3.38. The van der Waals surface area contributed by atoms with Gasteiger partial charge in [0.15, 0.2) is 0 Å². The molecule has 0 radical (unpaired) electrons. The molecule has 7 heteroatoms. The van der Waals surface area contributed by atoms with Crippen LogP contribution in [0.1, 0.15) is 19.3 Å². The third-order valence-corrected chi connectivity index (χ3v) is 4.38. The highest BCUT2D eigenvalue weighted by Crippen LogP contribution is 2.08. The molecule has 1 fully saturated rings. The number of nitrogens with zero attached hydrogens (tertiary/aromatic N) is 2. The van der Waals surface area contributed by atoms with Gasteiger partial charge in [-0.2, -0.15) is 5.10 Å². The Kier molecular flexibility index (Phi) is 4.14. The number of H-pyrrole nitrogens is 1. The smallest absolute Gasteiger partial charge is 0.243 e. The normalized spacial score (nSPS) is 18.4. The summed E-state index contributed by atoms with van der Waals surface area (Å²) in [5.41, 5.74) is 0. The maximum Gasteiger partial charge on any atom is 0.243 e. The van der Waals surface area contributed by atoms with Crippen LogP contribution in [0.15, 0.2) is 17.3 Å². The number of aromatic nitrogens is 2. The van der Waals surface area contributed by atoms with E-state index < -0.39 is 10.0 Å². The predicted octanol–water partition coefficient (Wildman–Crippen LogP) is 0.174. The molecule has 0 atom stereocenters. The summed E-state index contributed by atoms with van der Waals surface area (Å²) >= 11 is 0. The second-order valence-corrected chi connectivity index (χ2v) is 6.00. The van der Waals surface area contributed by atoms with Gasteiger partial charge >= 0.3 is 0 Å². The number of rotatable bonds is 5. The van der Waals surface area contributed by atoms with Gasteiger partial charge in [0.2, 0.25) is 10.0 Å². The van der Waals surface area contributed by atoms with Gasteiger partial charge in [-0.25, -0.2) is 13.1 Å². The predicted molar refractivity (Wildman–Crippen MR) is 64.1 cm³/mol. The SMILES string of the molecule is O=S(=O)(NCCN1CCCCC1)c1cn[nH]c1. The Hall–Kier alpha value is -0.920. The number of hydrogen-bond donors (Lipinski definition) is 2. The van der Waals surface area contributed by atoms with E-state index in [1.165, 1.54) is 31.7 Å². The van der Waals surface area contributed by atoms with Crippen molar-refractivity contribution in [3.63, 3.8) is 0 Å². The topological polar surface area (TPSA) is 78.1 Å². The molecular weight excluding hydrogens is 240 g/mol. The minimum absolute atomic E-state index is 0.191. The van der Waals surface area contributed by atoms with Crippen LogP contribution in [0.4, 0.5) is 0 Å². The molecule has 1 aliphatic rings. The maximum atomic E-state index is 11.7. The minimum Gasteiger partial charge on any atom is -0.302 e.